The summed E-state index contributed by atoms with van der Waals surface area (Å²) in [7, 11) is 1.72. The fourth-order valence-electron chi connectivity index (χ4n) is 1.46. The number of unbranched alkanes of at least 4 members (excludes halogenated alkanes) is 2. The monoisotopic (exact) mass is 262 g/mol. The Balaban J connectivity index is 2.58. The Kier molecular flexibility index (Phi) is 8.36. The van der Waals surface area contributed by atoms with Crippen molar-refractivity contribution in [1.29, 1.82) is 0 Å². The lowest BCUT2D eigenvalue weighted by Crippen LogP contribution is -1.84. The van der Waals surface area contributed by atoms with Gasteiger partial charge in [-0.3, -0.25) is 0 Å². The lowest BCUT2D eigenvalue weighted by molar-refractivity contribution is 0.233. The highest BCUT2D eigenvalue weighted by molar-refractivity contribution is 8.03. The van der Waals surface area contributed by atoms with E-state index in [-0.39, 0.29) is 0 Å². The number of hydrogen-bond acceptors (Lipinski definition) is 2. The van der Waals surface area contributed by atoms with Crippen molar-refractivity contribution in [3.8, 4) is 0 Å². The molecule has 0 aliphatic heterocycles. The van der Waals surface area contributed by atoms with Gasteiger partial charge in [-0.15, -0.1) is 0 Å². The molecule has 98 valence electrons. The second kappa shape index (κ2) is 9.98. The summed E-state index contributed by atoms with van der Waals surface area (Å²) >= 11 is 1.78. The molecule has 1 aromatic carbocycles. The highest BCUT2D eigenvalue weighted by Gasteiger charge is 1.96. The summed E-state index contributed by atoms with van der Waals surface area (Å²) in [6.45, 7) is 2.88. The van der Waals surface area contributed by atoms with Crippen molar-refractivity contribution in [3.63, 3.8) is 0 Å². The molecule has 0 spiro atoms. The molecule has 0 aliphatic rings. The summed E-state index contributed by atoms with van der Waals surface area (Å²) in [6.07, 6.45) is 10.2. The van der Waals surface area contributed by atoms with E-state index in [1.54, 1.807) is 18.9 Å². The highest BCUT2D eigenvalue weighted by Crippen LogP contribution is 2.27. The van der Waals surface area contributed by atoms with Gasteiger partial charge in [-0.1, -0.05) is 61.9 Å². The van der Waals surface area contributed by atoms with Crippen LogP contribution in [0.5, 0.6) is 0 Å². The first-order valence-corrected chi connectivity index (χ1v) is 7.27. The highest BCUT2D eigenvalue weighted by atomic mass is 32.2. The first-order valence-electron chi connectivity index (χ1n) is 6.45. The van der Waals surface area contributed by atoms with Crippen molar-refractivity contribution in [1.82, 2.24) is 0 Å². The van der Waals surface area contributed by atoms with Gasteiger partial charge in [-0.05, 0) is 24.6 Å². The Hall–Kier alpha value is -0.990. The zero-order valence-corrected chi connectivity index (χ0v) is 12.1. The van der Waals surface area contributed by atoms with E-state index in [4.69, 9.17) is 4.74 Å². The predicted molar refractivity (Wildman–Crippen MR) is 80.9 cm³/mol. The molecule has 0 amide bonds. The molecule has 0 N–H and O–H groups in total. The molecule has 0 heterocycles. The average molecular weight is 262 g/mol. The standard InChI is InChI=1S/C16H22OS/c1-3-4-5-7-12-16(13-14-17-2)18-15-10-8-6-9-11-15/h6-13H,3-5,14H2,1-2H3/b12-7+,16-13-. The second-order valence-corrected chi connectivity index (χ2v) is 5.17. The van der Waals surface area contributed by atoms with Crippen LogP contribution in [0.1, 0.15) is 26.2 Å². The van der Waals surface area contributed by atoms with Crippen molar-refractivity contribution in [2.45, 2.75) is 31.1 Å². The summed E-state index contributed by atoms with van der Waals surface area (Å²) in [5.41, 5.74) is 0. The summed E-state index contributed by atoms with van der Waals surface area (Å²) < 4.78 is 5.11. The Morgan fingerprint density at radius 2 is 2.06 bits per heavy atom. The number of hydrogen-bond donors (Lipinski definition) is 0. The van der Waals surface area contributed by atoms with Gasteiger partial charge in [0, 0.05) is 16.9 Å². The van der Waals surface area contributed by atoms with Crippen LogP contribution >= 0.6 is 11.8 Å². The minimum absolute atomic E-state index is 0.660. The molecule has 0 radical (unpaired) electrons. The fraction of sp³-hybridized carbons (Fsp3) is 0.375. The second-order valence-electron chi connectivity index (χ2n) is 4.02. The van der Waals surface area contributed by atoms with Crippen LogP contribution in [-0.2, 0) is 4.74 Å². The molecule has 0 bridgehead atoms. The van der Waals surface area contributed by atoms with Gasteiger partial charge >= 0.3 is 0 Å². The third-order valence-electron chi connectivity index (χ3n) is 2.44. The van der Waals surface area contributed by atoms with E-state index < -0.39 is 0 Å². The Morgan fingerprint density at radius 3 is 2.72 bits per heavy atom. The fourth-order valence-corrected chi connectivity index (χ4v) is 2.34. The van der Waals surface area contributed by atoms with E-state index in [1.165, 1.54) is 22.6 Å². The Morgan fingerprint density at radius 1 is 1.28 bits per heavy atom. The molecule has 18 heavy (non-hydrogen) atoms. The third-order valence-corrected chi connectivity index (χ3v) is 3.48. The molecule has 0 saturated carbocycles. The lowest BCUT2D eigenvalue weighted by atomic mass is 10.2. The van der Waals surface area contributed by atoms with E-state index in [9.17, 15) is 0 Å². The molecule has 0 saturated heterocycles. The van der Waals surface area contributed by atoms with Gasteiger partial charge in [0.05, 0.1) is 6.61 Å². The molecule has 1 aromatic rings. The van der Waals surface area contributed by atoms with Crippen LogP contribution in [0.25, 0.3) is 0 Å². The van der Waals surface area contributed by atoms with Gasteiger partial charge in [0.15, 0.2) is 0 Å². The van der Waals surface area contributed by atoms with Crippen LogP contribution in [0.2, 0.25) is 0 Å². The molecular formula is C16H22OS. The van der Waals surface area contributed by atoms with E-state index >= 15 is 0 Å². The van der Waals surface area contributed by atoms with Crippen LogP contribution in [0, 0.1) is 0 Å². The molecule has 0 unspecified atom stereocenters. The SMILES string of the molecule is CCCC/C=C/C(=C/COC)Sc1ccccc1. The van der Waals surface area contributed by atoms with Gasteiger partial charge in [0.25, 0.3) is 0 Å². The molecule has 0 fully saturated rings. The molecule has 0 aliphatic carbocycles. The van der Waals surface area contributed by atoms with Crippen molar-refractivity contribution < 1.29 is 4.74 Å². The normalized spacial score (nSPS) is 12.2. The van der Waals surface area contributed by atoms with Crippen LogP contribution in [0.15, 0.2) is 58.4 Å². The smallest absolute Gasteiger partial charge is 0.0657 e. The van der Waals surface area contributed by atoms with Crippen molar-refractivity contribution in [3.05, 3.63) is 53.5 Å². The van der Waals surface area contributed by atoms with E-state index in [2.05, 4.69) is 49.4 Å². The van der Waals surface area contributed by atoms with Crippen molar-refractivity contribution >= 4 is 11.8 Å². The maximum absolute atomic E-state index is 5.11. The zero-order chi connectivity index (χ0) is 13.1. The van der Waals surface area contributed by atoms with Crippen LogP contribution in [0.4, 0.5) is 0 Å². The van der Waals surface area contributed by atoms with Crippen LogP contribution < -0.4 is 0 Å². The minimum atomic E-state index is 0.660. The van der Waals surface area contributed by atoms with Gasteiger partial charge in [0.1, 0.15) is 0 Å². The predicted octanol–water partition coefficient (Wildman–Crippen LogP) is 5.06. The van der Waals surface area contributed by atoms with Gasteiger partial charge in [-0.2, -0.15) is 0 Å². The molecule has 1 rings (SSSR count). The quantitative estimate of drug-likeness (QED) is 0.368. The topological polar surface area (TPSA) is 9.23 Å². The maximum atomic E-state index is 5.11. The molecule has 0 aromatic heterocycles. The molecule has 2 heteroatoms. The molecular weight excluding hydrogens is 240 g/mol. The maximum Gasteiger partial charge on any atom is 0.0657 e. The zero-order valence-electron chi connectivity index (χ0n) is 11.3. The largest absolute Gasteiger partial charge is 0.381 e. The van der Waals surface area contributed by atoms with E-state index in [0.29, 0.717) is 6.61 Å². The summed E-state index contributed by atoms with van der Waals surface area (Å²) in [4.78, 5) is 2.51. The molecule has 0 atom stereocenters. The van der Waals surface area contributed by atoms with Crippen molar-refractivity contribution in [2.24, 2.45) is 0 Å². The van der Waals surface area contributed by atoms with Gasteiger partial charge < -0.3 is 4.74 Å². The van der Waals surface area contributed by atoms with Crippen LogP contribution in [-0.4, -0.2) is 13.7 Å². The van der Waals surface area contributed by atoms with E-state index in [1.807, 2.05) is 6.07 Å². The van der Waals surface area contributed by atoms with Gasteiger partial charge in [0.2, 0.25) is 0 Å². The Bertz CT molecular complexity index is 368. The number of rotatable bonds is 8. The minimum Gasteiger partial charge on any atom is -0.381 e. The first-order chi connectivity index (χ1) is 8.86. The summed E-state index contributed by atoms with van der Waals surface area (Å²) in [6, 6.07) is 10.4. The summed E-state index contributed by atoms with van der Waals surface area (Å²) in [5, 5.41) is 0. The number of ether oxygens (including phenoxy) is 1. The summed E-state index contributed by atoms with van der Waals surface area (Å²) in [5.74, 6) is 0. The number of benzene rings is 1. The lowest BCUT2D eigenvalue weighted by Gasteiger charge is -2.03. The number of thioether (sulfide) groups is 1. The number of allylic oxidation sites excluding steroid dienone is 2. The van der Waals surface area contributed by atoms with E-state index in [0.717, 1.165) is 6.42 Å². The average Bonchev–Trinajstić information content (AvgIpc) is 2.41. The van der Waals surface area contributed by atoms with Gasteiger partial charge in [-0.25, -0.2) is 0 Å². The van der Waals surface area contributed by atoms with Crippen molar-refractivity contribution in [2.75, 3.05) is 13.7 Å². The number of methoxy groups -OCH3 is 1. The first kappa shape index (κ1) is 15.1. The molecule has 1 nitrogen and oxygen atoms in total. The third kappa shape index (κ3) is 6.67. The van der Waals surface area contributed by atoms with Crippen LogP contribution in [0.3, 0.4) is 0 Å². The Labute approximate surface area is 115 Å².